The lowest BCUT2D eigenvalue weighted by molar-refractivity contribution is 0.258. The van der Waals surface area contributed by atoms with Gasteiger partial charge in [-0.1, -0.05) is 0 Å². The molecule has 0 atom stereocenters. The predicted octanol–water partition coefficient (Wildman–Crippen LogP) is -4.20. The van der Waals surface area contributed by atoms with E-state index in [2.05, 4.69) is 46.5 Å². The monoisotopic (exact) mass is 352 g/mol. The van der Waals surface area contributed by atoms with Gasteiger partial charge >= 0.3 is 0 Å². The molecule has 0 amide bonds. The highest BCUT2D eigenvalue weighted by Crippen LogP contribution is 2.25. The van der Waals surface area contributed by atoms with Crippen LogP contribution in [0.15, 0.2) is 0 Å². The molecule has 0 aliphatic carbocycles. The second-order valence-electron chi connectivity index (χ2n) is 4.87. The number of nitrogens with zero attached hydrogens (tertiary/aromatic N) is 12. The molecule has 0 spiro atoms. The summed E-state index contributed by atoms with van der Waals surface area (Å²) in [5, 5.41) is 62.3. The van der Waals surface area contributed by atoms with Crippen molar-refractivity contribution in [2.24, 2.45) is 0 Å². The van der Waals surface area contributed by atoms with Crippen LogP contribution >= 0.6 is 0 Å². The summed E-state index contributed by atoms with van der Waals surface area (Å²) in [6.07, 6.45) is 0. The van der Waals surface area contributed by atoms with Crippen LogP contribution in [0.3, 0.4) is 0 Å². The highest BCUT2D eigenvalue weighted by molar-refractivity contribution is 5.20. The Kier molecular flexibility index (Phi) is 5.26. The van der Waals surface area contributed by atoms with Gasteiger partial charge in [-0.2, -0.15) is 4.80 Å². The van der Waals surface area contributed by atoms with Crippen molar-refractivity contribution in [2.75, 3.05) is 19.8 Å². The van der Waals surface area contributed by atoms with Gasteiger partial charge in [0.2, 0.25) is 0 Å². The van der Waals surface area contributed by atoms with E-state index in [1.807, 2.05) is 0 Å². The zero-order valence-corrected chi connectivity index (χ0v) is 13.0. The first kappa shape index (κ1) is 16.9. The van der Waals surface area contributed by atoms with E-state index in [1.54, 1.807) is 0 Å². The summed E-state index contributed by atoms with van der Waals surface area (Å²) in [6.45, 7) is -0.00184. The summed E-state index contributed by atoms with van der Waals surface area (Å²) in [6, 6.07) is 0. The summed E-state index contributed by atoms with van der Waals surface area (Å²) in [5.41, 5.74) is 0. The van der Waals surface area contributed by atoms with Crippen molar-refractivity contribution in [1.29, 1.82) is 0 Å². The smallest absolute Gasteiger partial charge is 0.193 e. The minimum Gasteiger partial charge on any atom is -0.394 e. The Morgan fingerprint density at radius 3 is 1.80 bits per heavy atom. The molecule has 0 saturated carbocycles. The van der Waals surface area contributed by atoms with E-state index in [4.69, 9.17) is 5.11 Å². The highest BCUT2D eigenvalue weighted by atomic mass is 16.3. The van der Waals surface area contributed by atoms with Crippen molar-refractivity contribution in [2.45, 2.75) is 25.6 Å². The first-order chi connectivity index (χ1) is 12.3. The molecule has 0 unspecified atom stereocenters. The van der Waals surface area contributed by atoms with E-state index >= 15 is 0 Å². The molecule has 134 valence electrons. The minimum atomic E-state index is -0.768. The lowest BCUT2D eigenvalue weighted by Gasteiger charge is -2.12. The number of rotatable bonds is 9. The fourth-order valence-electron chi connectivity index (χ4n) is 2.25. The van der Waals surface area contributed by atoms with Gasteiger partial charge in [0.25, 0.3) is 0 Å². The lowest BCUT2D eigenvalue weighted by Crippen LogP contribution is -2.21. The fraction of sp³-hybridized carbons (Fsp3) is 0.700. The molecule has 3 rings (SSSR count). The number of aliphatic hydroxyl groups excluding tert-OH is 3. The maximum absolute atomic E-state index is 9.19. The number of aliphatic hydroxyl groups is 3. The molecule has 0 bridgehead atoms. The minimum absolute atomic E-state index is 0.148. The van der Waals surface area contributed by atoms with Gasteiger partial charge in [0.1, 0.15) is 5.92 Å². The zero-order valence-electron chi connectivity index (χ0n) is 13.0. The average molecular weight is 352 g/mol. The van der Waals surface area contributed by atoms with Crippen molar-refractivity contribution in [3.05, 3.63) is 17.5 Å². The van der Waals surface area contributed by atoms with Crippen LogP contribution in [0.25, 0.3) is 0 Å². The molecule has 3 aromatic rings. The maximum atomic E-state index is 9.19. The second kappa shape index (κ2) is 7.77. The Hall–Kier alpha value is -2.91. The van der Waals surface area contributed by atoms with E-state index in [-0.39, 0.29) is 45.3 Å². The number of tetrazole rings is 3. The third kappa shape index (κ3) is 3.47. The van der Waals surface area contributed by atoms with Gasteiger partial charge in [-0.25, -0.2) is 9.36 Å². The third-order valence-electron chi connectivity index (χ3n) is 3.29. The van der Waals surface area contributed by atoms with E-state index < -0.39 is 5.92 Å². The summed E-state index contributed by atoms with van der Waals surface area (Å²) >= 11 is 0. The van der Waals surface area contributed by atoms with Gasteiger partial charge in [-0.15, -0.1) is 20.4 Å². The van der Waals surface area contributed by atoms with Gasteiger partial charge in [-0.3, -0.25) is 0 Å². The largest absolute Gasteiger partial charge is 0.394 e. The average Bonchev–Trinajstić information content (AvgIpc) is 3.33. The second-order valence-corrected chi connectivity index (χ2v) is 4.87. The SMILES string of the molecule is OCCn1nnc(C(c2nnnn2CCO)c2nnnn2CCO)n1. The molecule has 25 heavy (non-hydrogen) atoms. The summed E-state index contributed by atoms with van der Waals surface area (Å²) in [4.78, 5) is 1.22. The standard InChI is InChI=1S/C10H16N12O3/c23-4-1-20-9(12-15-18-20)7(8-11-17-22(14-8)3-6-25)10-13-16-19-21(10)2-5-24/h7,23-25H,1-6H2. The maximum Gasteiger partial charge on any atom is 0.193 e. The molecule has 3 aromatic heterocycles. The molecule has 15 nitrogen and oxygen atoms in total. The topological polar surface area (TPSA) is 191 Å². The van der Waals surface area contributed by atoms with Crippen LogP contribution in [0, 0.1) is 0 Å². The molecule has 3 N–H and O–H groups in total. The Morgan fingerprint density at radius 1 is 0.720 bits per heavy atom. The Balaban J connectivity index is 2.07. The van der Waals surface area contributed by atoms with Crippen molar-refractivity contribution in [3.63, 3.8) is 0 Å². The predicted molar refractivity (Wildman–Crippen MR) is 75.7 cm³/mol. The van der Waals surface area contributed by atoms with E-state index in [1.165, 1.54) is 14.2 Å². The Bertz CT molecular complexity index is 752. The lowest BCUT2D eigenvalue weighted by atomic mass is 10.1. The first-order valence-electron chi connectivity index (χ1n) is 7.41. The van der Waals surface area contributed by atoms with Crippen LogP contribution in [0.4, 0.5) is 0 Å². The van der Waals surface area contributed by atoms with Crippen molar-refractivity contribution < 1.29 is 15.3 Å². The number of aromatic nitrogens is 12. The highest BCUT2D eigenvalue weighted by Gasteiger charge is 2.32. The molecule has 0 aliphatic heterocycles. The molecule has 0 saturated heterocycles. The van der Waals surface area contributed by atoms with Crippen molar-refractivity contribution in [1.82, 2.24) is 60.6 Å². The van der Waals surface area contributed by atoms with Crippen LogP contribution in [0.1, 0.15) is 23.4 Å². The molecular formula is C10H16N12O3. The molecular weight excluding hydrogens is 336 g/mol. The van der Waals surface area contributed by atoms with Crippen LogP contribution in [0.2, 0.25) is 0 Å². The Morgan fingerprint density at radius 2 is 1.28 bits per heavy atom. The van der Waals surface area contributed by atoms with Crippen LogP contribution in [-0.4, -0.2) is 95.8 Å². The van der Waals surface area contributed by atoms with Crippen molar-refractivity contribution >= 4 is 0 Å². The number of hydrogen-bond donors (Lipinski definition) is 3. The van der Waals surface area contributed by atoms with Gasteiger partial charge < -0.3 is 15.3 Å². The molecule has 0 aliphatic rings. The van der Waals surface area contributed by atoms with Crippen LogP contribution in [-0.2, 0) is 19.6 Å². The summed E-state index contributed by atoms with van der Waals surface area (Å²) < 4.78 is 2.77. The van der Waals surface area contributed by atoms with E-state index in [0.717, 1.165) is 0 Å². The van der Waals surface area contributed by atoms with Gasteiger partial charge in [-0.05, 0) is 26.1 Å². The van der Waals surface area contributed by atoms with Gasteiger partial charge in [0, 0.05) is 0 Å². The normalized spacial score (nSPS) is 11.5. The molecule has 3 heterocycles. The molecule has 0 radical (unpaired) electrons. The first-order valence-corrected chi connectivity index (χ1v) is 7.41. The molecule has 15 heteroatoms. The van der Waals surface area contributed by atoms with Gasteiger partial charge in [0.15, 0.2) is 17.5 Å². The van der Waals surface area contributed by atoms with Crippen LogP contribution in [0.5, 0.6) is 0 Å². The zero-order chi connectivity index (χ0) is 17.6. The van der Waals surface area contributed by atoms with Crippen molar-refractivity contribution in [3.8, 4) is 0 Å². The van der Waals surface area contributed by atoms with Gasteiger partial charge in [0.05, 0.1) is 39.5 Å². The summed E-state index contributed by atoms with van der Waals surface area (Å²) in [5.74, 6) is 0.0742. The van der Waals surface area contributed by atoms with Crippen LogP contribution < -0.4 is 0 Å². The van der Waals surface area contributed by atoms with E-state index in [0.29, 0.717) is 11.6 Å². The Labute approximate surface area is 139 Å². The molecule has 0 aromatic carbocycles. The fourth-order valence-corrected chi connectivity index (χ4v) is 2.25. The van der Waals surface area contributed by atoms with E-state index in [9.17, 15) is 10.2 Å². The number of hydrogen-bond acceptors (Lipinski definition) is 12. The summed E-state index contributed by atoms with van der Waals surface area (Å²) in [7, 11) is 0. The molecule has 0 fully saturated rings. The third-order valence-corrected chi connectivity index (χ3v) is 3.29. The quantitative estimate of drug-likeness (QED) is 0.337.